The van der Waals surface area contributed by atoms with E-state index >= 15 is 0 Å². The summed E-state index contributed by atoms with van der Waals surface area (Å²) in [6, 6.07) is 15.2. The fourth-order valence-electron chi connectivity index (χ4n) is 1.45. The van der Waals surface area contributed by atoms with Crippen molar-refractivity contribution in [3.05, 3.63) is 65.2 Å². The van der Waals surface area contributed by atoms with Gasteiger partial charge < -0.3 is 16.2 Å². The first-order chi connectivity index (χ1) is 9.97. The molecule has 4 N–H and O–H groups in total. The van der Waals surface area contributed by atoms with Crippen molar-refractivity contribution in [3.63, 3.8) is 0 Å². The van der Waals surface area contributed by atoms with E-state index in [1.807, 2.05) is 18.2 Å². The Labute approximate surface area is 127 Å². The Kier molecular flexibility index (Phi) is 6.77. The van der Waals surface area contributed by atoms with E-state index in [4.69, 9.17) is 22.4 Å². The minimum Gasteiger partial charge on any atom is -0.481 e. The van der Waals surface area contributed by atoms with Crippen LogP contribution >= 0.6 is 11.6 Å². The largest absolute Gasteiger partial charge is 0.481 e. The number of carboxylic acid groups (broad SMARTS) is 1. The molecule has 6 heteroatoms. The Bertz CT molecular complexity index is 586. The molecule has 21 heavy (non-hydrogen) atoms. The van der Waals surface area contributed by atoms with Gasteiger partial charge in [0.25, 0.3) is 0 Å². The van der Waals surface area contributed by atoms with Gasteiger partial charge >= 0.3 is 12.0 Å². The molecule has 2 rings (SSSR count). The van der Waals surface area contributed by atoms with Crippen LogP contribution in [-0.4, -0.2) is 17.1 Å². The summed E-state index contributed by atoms with van der Waals surface area (Å²) in [7, 11) is 0. The maximum Gasteiger partial charge on any atom is 0.316 e. The predicted octanol–water partition coefficient (Wildman–Crippen LogP) is 3.14. The summed E-state index contributed by atoms with van der Waals surface area (Å²) in [5.74, 6) is -0.786. The summed E-state index contributed by atoms with van der Waals surface area (Å²) in [6.07, 6.45) is 0.112. The monoisotopic (exact) mass is 306 g/mol. The summed E-state index contributed by atoms with van der Waals surface area (Å²) in [6.45, 7) is 0. The zero-order valence-electron chi connectivity index (χ0n) is 11.1. The van der Waals surface area contributed by atoms with Crippen molar-refractivity contribution in [2.45, 2.75) is 6.42 Å². The molecule has 0 heterocycles. The molecule has 0 aliphatic heterocycles. The lowest BCUT2D eigenvalue weighted by molar-refractivity contribution is -0.136. The van der Waals surface area contributed by atoms with Crippen LogP contribution < -0.4 is 11.1 Å². The van der Waals surface area contributed by atoms with Crippen LogP contribution in [0.25, 0.3) is 0 Å². The second-order valence-electron chi connectivity index (χ2n) is 4.05. The van der Waals surface area contributed by atoms with Gasteiger partial charge in [-0.15, -0.1) is 0 Å². The lowest BCUT2D eigenvalue weighted by Gasteiger charge is -1.99. The number of amides is 2. The van der Waals surface area contributed by atoms with Gasteiger partial charge in [0.2, 0.25) is 0 Å². The van der Waals surface area contributed by atoms with E-state index in [2.05, 4.69) is 5.32 Å². The normalized spacial score (nSPS) is 9.19. The van der Waals surface area contributed by atoms with Gasteiger partial charge in [-0.2, -0.15) is 0 Å². The van der Waals surface area contributed by atoms with E-state index in [0.29, 0.717) is 10.7 Å². The molecule has 0 spiro atoms. The number of halogens is 1. The van der Waals surface area contributed by atoms with Gasteiger partial charge in [0, 0.05) is 10.7 Å². The quantitative estimate of drug-likeness (QED) is 0.813. The summed E-state index contributed by atoms with van der Waals surface area (Å²) in [4.78, 5) is 20.5. The number of nitrogens with two attached hydrogens (primary N) is 1. The standard InChI is InChI=1S/C8H8O2.C7H7ClN2O/c9-8(10)6-7-4-2-1-3-5-7;8-5-1-3-6(4-2-5)10-7(9)11/h1-5H,6H2,(H,9,10);1-4H,(H3,9,10,11). The average molecular weight is 307 g/mol. The molecule has 0 saturated heterocycles. The first-order valence-electron chi connectivity index (χ1n) is 6.05. The van der Waals surface area contributed by atoms with Gasteiger partial charge in [0.15, 0.2) is 0 Å². The second kappa shape index (κ2) is 8.60. The lowest BCUT2D eigenvalue weighted by atomic mass is 10.2. The van der Waals surface area contributed by atoms with Crippen molar-refractivity contribution in [1.29, 1.82) is 0 Å². The molecule has 2 amide bonds. The van der Waals surface area contributed by atoms with Gasteiger partial charge in [0.1, 0.15) is 0 Å². The fraction of sp³-hybridized carbons (Fsp3) is 0.0667. The molecule has 0 atom stereocenters. The Balaban J connectivity index is 0.000000211. The summed E-state index contributed by atoms with van der Waals surface area (Å²) in [5, 5.41) is 11.4. The highest BCUT2D eigenvalue weighted by Gasteiger charge is 1.96. The van der Waals surface area contributed by atoms with Crippen molar-refractivity contribution in [1.82, 2.24) is 0 Å². The predicted molar refractivity (Wildman–Crippen MR) is 82.4 cm³/mol. The second-order valence-corrected chi connectivity index (χ2v) is 4.49. The molecule has 0 fully saturated rings. The minimum atomic E-state index is -0.786. The van der Waals surface area contributed by atoms with E-state index in [-0.39, 0.29) is 6.42 Å². The summed E-state index contributed by atoms with van der Waals surface area (Å²) < 4.78 is 0. The lowest BCUT2D eigenvalue weighted by Crippen LogP contribution is -2.18. The fourth-order valence-corrected chi connectivity index (χ4v) is 1.57. The number of nitrogens with one attached hydrogen (secondary N) is 1. The van der Waals surface area contributed by atoms with Gasteiger partial charge in [-0.3, -0.25) is 4.79 Å². The van der Waals surface area contributed by atoms with Crippen LogP contribution in [0, 0.1) is 0 Å². The average Bonchev–Trinajstić information content (AvgIpc) is 2.42. The van der Waals surface area contributed by atoms with E-state index in [9.17, 15) is 9.59 Å². The van der Waals surface area contributed by atoms with Crippen molar-refractivity contribution >= 4 is 29.3 Å². The third kappa shape index (κ3) is 7.59. The van der Waals surface area contributed by atoms with Gasteiger partial charge in [-0.1, -0.05) is 41.9 Å². The SMILES string of the molecule is NC(=O)Nc1ccc(Cl)cc1.O=C(O)Cc1ccccc1. The molecule has 0 saturated carbocycles. The Morgan fingerprint density at radius 2 is 1.62 bits per heavy atom. The van der Waals surface area contributed by atoms with Crippen LogP contribution in [-0.2, 0) is 11.2 Å². The minimum absolute atomic E-state index is 0.112. The molecule has 110 valence electrons. The van der Waals surface area contributed by atoms with Gasteiger partial charge in [-0.05, 0) is 29.8 Å². The number of anilines is 1. The van der Waals surface area contributed by atoms with Crippen LogP contribution in [0.5, 0.6) is 0 Å². The van der Waals surface area contributed by atoms with Crippen LogP contribution in [0.3, 0.4) is 0 Å². The molecule has 0 radical (unpaired) electrons. The maximum atomic E-state index is 10.3. The third-order valence-corrected chi connectivity index (χ3v) is 2.56. The summed E-state index contributed by atoms with van der Waals surface area (Å²) in [5.41, 5.74) is 6.36. The Hall–Kier alpha value is -2.53. The molecular formula is C15H15ClN2O3. The Morgan fingerprint density at radius 1 is 1.05 bits per heavy atom. The molecule has 0 aromatic heterocycles. The highest BCUT2D eigenvalue weighted by Crippen LogP contribution is 2.12. The topological polar surface area (TPSA) is 92.4 Å². The number of primary amides is 1. The third-order valence-electron chi connectivity index (χ3n) is 2.31. The van der Waals surface area contributed by atoms with Crippen molar-refractivity contribution in [2.75, 3.05) is 5.32 Å². The van der Waals surface area contributed by atoms with Gasteiger partial charge in [-0.25, -0.2) is 4.79 Å². The zero-order chi connectivity index (χ0) is 15.7. The number of hydrogen-bond acceptors (Lipinski definition) is 2. The first-order valence-corrected chi connectivity index (χ1v) is 6.43. The van der Waals surface area contributed by atoms with Crippen molar-refractivity contribution in [2.24, 2.45) is 5.73 Å². The number of benzene rings is 2. The molecule has 0 aliphatic carbocycles. The summed E-state index contributed by atoms with van der Waals surface area (Å²) >= 11 is 5.60. The molecule has 0 aliphatic rings. The van der Waals surface area contributed by atoms with E-state index in [1.165, 1.54) is 0 Å². The molecule has 5 nitrogen and oxygen atoms in total. The van der Waals surface area contributed by atoms with Crippen LogP contribution in [0.2, 0.25) is 5.02 Å². The van der Waals surface area contributed by atoms with Crippen LogP contribution in [0.4, 0.5) is 10.5 Å². The van der Waals surface area contributed by atoms with Crippen molar-refractivity contribution in [3.8, 4) is 0 Å². The molecule has 2 aromatic rings. The molecule has 0 unspecified atom stereocenters. The van der Waals surface area contributed by atoms with E-state index in [1.54, 1.807) is 36.4 Å². The van der Waals surface area contributed by atoms with E-state index < -0.39 is 12.0 Å². The zero-order valence-corrected chi connectivity index (χ0v) is 11.9. The number of carboxylic acids is 1. The van der Waals surface area contributed by atoms with Gasteiger partial charge in [0.05, 0.1) is 6.42 Å². The van der Waals surface area contributed by atoms with E-state index in [0.717, 1.165) is 5.56 Å². The number of rotatable bonds is 3. The Morgan fingerprint density at radius 3 is 2.10 bits per heavy atom. The van der Waals surface area contributed by atoms with Crippen LogP contribution in [0.1, 0.15) is 5.56 Å². The molecular weight excluding hydrogens is 292 g/mol. The first kappa shape index (κ1) is 16.5. The highest BCUT2D eigenvalue weighted by molar-refractivity contribution is 6.30. The highest BCUT2D eigenvalue weighted by atomic mass is 35.5. The number of hydrogen-bond donors (Lipinski definition) is 3. The maximum absolute atomic E-state index is 10.3. The molecule has 0 bridgehead atoms. The molecule has 2 aromatic carbocycles. The smallest absolute Gasteiger partial charge is 0.316 e. The number of urea groups is 1. The number of carbonyl (C=O) groups excluding carboxylic acids is 1. The number of carbonyl (C=O) groups is 2. The van der Waals surface area contributed by atoms with Crippen molar-refractivity contribution < 1.29 is 14.7 Å². The number of aliphatic carboxylic acids is 1. The van der Waals surface area contributed by atoms with Crippen LogP contribution in [0.15, 0.2) is 54.6 Å².